The summed E-state index contributed by atoms with van der Waals surface area (Å²) in [4.78, 5) is 11.6. The number of anilines is 1. The zero-order valence-corrected chi connectivity index (χ0v) is 16.2. The molecule has 1 heterocycles. The van der Waals surface area contributed by atoms with Crippen molar-refractivity contribution in [2.75, 3.05) is 10.8 Å². The van der Waals surface area contributed by atoms with Gasteiger partial charge in [-0.3, -0.25) is 9.10 Å². The number of para-hydroxylation sites is 1. The fourth-order valence-electron chi connectivity index (χ4n) is 3.75. The Kier molecular flexibility index (Phi) is 4.56. The van der Waals surface area contributed by atoms with E-state index in [1.54, 1.807) is 12.1 Å². The molecule has 0 aromatic heterocycles. The van der Waals surface area contributed by atoms with Crippen molar-refractivity contribution in [2.24, 2.45) is 0 Å². The maximum atomic E-state index is 13.6. The minimum absolute atomic E-state index is 0.0894. The second kappa shape index (κ2) is 6.43. The summed E-state index contributed by atoms with van der Waals surface area (Å²) in [6, 6.07) is 9.17. The Bertz CT molecular complexity index is 969. The largest absolute Gasteiger partial charge is 0.481 e. The number of hydrogen-bond acceptors (Lipinski definition) is 3. The number of fused-ring (bicyclic) bond motifs is 1. The maximum absolute atomic E-state index is 13.6. The fraction of sp³-hybridized carbons (Fsp3) is 0.350. The van der Waals surface area contributed by atoms with E-state index in [4.69, 9.17) is 0 Å². The molecule has 2 aromatic carbocycles. The van der Waals surface area contributed by atoms with E-state index in [1.807, 2.05) is 45.9 Å². The van der Waals surface area contributed by atoms with Crippen molar-refractivity contribution in [1.29, 1.82) is 0 Å². The van der Waals surface area contributed by atoms with Crippen LogP contribution in [0.4, 0.5) is 5.69 Å². The van der Waals surface area contributed by atoms with Crippen molar-refractivity contribution in [3.05, 3.63) is 58.1 Å². The van der Waals surface area contributed by atoms with Gasteiger partial charge in [-0.15, -0.1) is 0 Å². The average Bonchev–Trinajstić information content (AvgIpc) is 2.92. The lowest BCUT2D eigenvalue weighted by Gasteiger charge is -2.24. The van der Waals surface area contributed by atoms with Gasteiger partial charge in [0.1, 0.15) is 0 Å². The molecular formula is C20H23NO4S. The predicted molar refractivity (Wildman–Crippen MR) is 101 cm³/mol. The second-order valence-corrected chi connectivity index (χ2v) is 8.78. The third kappa shape index (κ3) is 2.88. The molecule has 0 saturated carbocycles. The van der Waals surface area contributed by atoms with Gasteiger partial charge in [0.2, 0.25) is 0 Å². The lowest BCUT2D eigenvalue weighted by atomic mass is 9.98. The first kappa shape index (κ1) is 18.5. The molecule has 138 valence electrons. The van der Waals surface area contributed by atoms with Crippen LogP contribution >= 0.6 is 0 Å². The monoisotopic (exact) mass is 373 g/mol. The zero-order chi connectivity index (χ0) is 19.2. The quantitative estimate of drug-likeness (QED) is 0.887. The second-order valence-electron chi connectivity index (χ2n) is 6.98. The highest BCUT2D eigenvalue weighted by Crippen LogP contribution is 2.42. The Balaban J connectivity index is 2.17. The molecule has 0 spiro atoms. The molecule has 1 unspecified atom stereocenters. The van der Waals surface area contributed by atoms with Crippen molar-refractivity contribution in [3.63, 3.8) is 0 Å². The molecule has 0 saturated heterocycles. The van der Waals surface area contributed by atoms with E-state index in [1.165, 1.54) is 4.31 Å². The lowest BCUT2D eigenvalue weighted by Crippen LogP contribution is -2.31. The summed E-state index contributed by atoms with van der Waals surface area (Å²) in [6.45, 7) is 7.62. The molecule has 0 radical (unpaired) electrons. The van der Waals surface area contributed by atoms with Crippen molar-refractivity contribution in [3.8, 4) is 0 Å². The number of sulfonamides is 1. The van der Waals surface area contributed by atoms with Crippen LogP contribution in [0.15, 0.2) is 35.2 Å². The van der Waals surface area contributed by atoms with Crippen LogP contribution in [-0.2, 0) is 14.8 Å². The molecule has 26 heavy (non-hydrogen) atoms. The summed E-state index contributed by atoms with van der Waals surface area (Å²) >= 11 is 0. The van der Waals surface area contributed by atoms with Gasteiger partial charge >= 0.3 is 5.97 Å². The summed E-state index contributed by atoms with van der Waals surface area (Å²) < 4.78 is 28.5. The summed E-state index contributed by atoms with van der Waals surface area (Å²) in [6.07, 6.45) is -0.0894. The standard InChI is InChI=1S/C20H23NO4S/c1-12-9-13(2)15(4)20(14(12)3)26(24,25)21-11-16(10-19(22)23)17-7-5-6-8-18(17)21/h5-9,16H,10-11H2,1-4H3,(H,22,23). The van der Waals surface area contributed by atoms with Gasteiger partial charge in [-0.2, -0.15) is 0 Å². The molecule has 1 N–H and O–H groups in total. The van der Waals surface area contributed by atoms with Gasteiger partial charge in [-0.05, 0) is 61.6 Å². The number of rotatable bonds is 4. The van der Waals surface area contributed by atoms with Gasteiger partial charge in [0.05, 0.1) is 17.0 Å². The van der Waals surface area contributed by atoms with Gasteiger partial charge in [0, 0.05) is 12.5 Å². The predicted octanol–water partition coefficient (Wildman–Crippen LogP) is 3.69. The molecule has 2 aromatic rings. The fourth-order valence-corrected chi connectivity index (χ4v) is 5.87. The third-order valence-electron chi connectivity index (χ3n) is 5.30. The molecule has 0 amide bonds. The summed E-state index contributed by atoms with van der Waals surface area (Å²) in [5, 5.41) is 9.20. The van der Waals surface area contributed by atoms with Crippen LogP contribution in [0.1, 0.15) is 40.2 Å². The van der Waals surface area contributed by atoms with Crippen LogP contribution < -0.4 is 4.31 Å². The minimum atomic E-state index is -3.79. The van der Waals surface area contributed by atoms with Crippen LogP contribution in [0, 0.1) is 27.7 Å². The Morgan fingerprint density at radius 3 is 2.27 bits per heavy atom. The first-order chi connectivity index (χ1) is 12.1. The number of carbonyl (C=O) groups is 1. The highest BCUT2D eigenvalue weighted by Gasteiger charge is 2.38. The Hall–Kier alpha value is -2.34. The van der Waals surface area contributed by atoms with Crippen molar-refractivity contribution >= 4 is 21.7 Å². The number of aliphatic carboxylic acids is 1. The number of hydrogen-bond donors (Lipinski definition) is 1. The SMILES string of the molecule is Cc1cc(C)c(C)c(S(=O)(=O)N2CC(CC(=O)O)c3ccccc32)c1C. The van der Waals surface area contributed by atoms with E-state index in [0.29, 0.717) is 10.6 Å². The van der Waals surface area contributed by atoms with E-state index in [-0.39, 0.29) is 18.9 Å². The number of benzene rings is 2. The molecule has 0 aliphatic carbocycles. The van der Waals surface area contributed by atoms with Crippen molar-refractivity contribution in [2.45, 2.75) is 44.9 Å². The Morgan fingerprint density at radius 1 is 1.12 bits per heavy atom. The summed E-state index contributed by atoms with van der Waals surface area (Å²) in [5.41, 5.74) is 4.71. The van der Waals surface area contributed by atoms with Crippen LogP contribution in [0.25, 0.3) is 0 Å². The molecule has 1 aliphatic heterocycles. The first-order valence-electron chi connectivity index (χ1n) is 8.55. The number of aryl methyl sites for hydroxylation is 2. The molecule has 5 nitrogen and oxygen atoms in total. The van der Waals surface area contributed by atoms with Crippen LogP contribution in [-0.4, -0.2) is 26.0 Å². The molecule has 1 atom stereocenters. The smallest absolute Gasteiger partial charge is 0.304 e. The summed E-state index contributed by atoms with van der Waals surface area (Å²) in [5.74, 6) is -1.27. The molecule has 1 aliphatic rings. The van der Waals surface area contributed by atoms with E-state index >= 15 is 0 Å². The van der Waals surface area contributed by atoms with Crippen molar-refractivity contribution < 1.29 is 18.3 Å². The highest BCUT2D eigenvalue weighted by atomic mass is 32.2. The molecule has 0 fully saturated rings. The zero-order valence-electron chi connectivity index (χ0n) is 15.4. The topological polar surface area (TPSA) is 74.7 Å². The molecule has 3 rings (SSSR count). The lowest BCUT2D eigenvalue weighted by molar-refractivity contribution is -0.137. The maximum Gasteiger partial charge on any atom is 0.304 e. The Morgan fingerprint density at radius 2 is 1.69 bits per heavy atom. The van der Waals surface area contributed by atoms with Crippen LogP contribution in [0.2, 0.25) is 0 Å². The third-order valence-corrected chi connectivity index (χ3v) is 7.35. The number of nitrogens with zero attached hydrogens (tertiary/aromatic N) is 1. The highest BCUT2D eigenvalue weighted by molar-refractivity contribution is 7.93. The van der Waals surface area contributed by atoms with Crippen LogP contribution in [0.3, 0.4) is 0 Å². The van der Waals surface area contributed by atoms with Gasteiger partial charge < -0.3 is 5.11 Å². The van der Waals surface area contributed by atoms with Crippen LogP contribution in [0.5, 0.6) is 0 Å². The van der Waals surface area contributed by atoms with E-state index in [0.717, 1.165) is 27.8 Å². The molecular weight excluding hydrogens is 350 g/mol. The van der Waals surface area contributed by atoms with E-state index in [9.17, 15) is 18.3 Å². The summed E-state index contributed by atoms with van der Waals surface area (Å²) in [7, 11) is -3.79. The first-order valence-corrected chi connectivity index (χ1v) is 9.99. The van der Waals surface area contributed by atoms with E-state index < -0.39 is 16.0 Å². The van der Waals surface area contributed by atoms with Gasteiger partial charge in [0.15, 0.2) is 0 Å². The van der Waals surface area contributed by atoms with Gasteiger partial charge in [-0.25, -0.2) is 8.42 Å². The van der Waals surface area contributed by atoms with E-state index in [2.05, 4.69) is 0 Å². The normalized spacial score (nSPS) is 16.6. The molecule has 6 heteroatoms. The Labute approximate surface area is 154 Å². The van der Waals surface area contributed by atoms with Gasteiger partial charge in [0.25, 0.3) is 10.0 Å². The average molecular weight is 373 g/mol. The van der Waals surface area contributed by atoms with Gasteiger partial charge in [-0.1, -0.05) is 24.3 Å². The number of carboxylic acids is 1. The minimum Gasteiger partial charge on any atom is -0.481 e. The van der Waals surface area contributed by atoms with Crippen molar-refractivity contribution in [1.82, 2.24) is 0 Å². The number of carboxylic acid groups (broad SMARTS) is 1. The molecule has 0 bridgehead atoms.